The summed E-state index contributed by atoms with van der Waals surface area (Å²) in [6.07, 6.45) is 1.32. The SMILES string of the molecule is N#Cc1c(N)n(Cc2ccc(F)cc2)c2ncnc(N)c12. The molecule has 3 aromatic rings. The van der Waals surface area contributed by atoms with Crippen molar-refractivity contribution >= 4 is 22.7 Å². The predicted octanol–water partition coefficient (Wildman–Crippen LogP) is 1.65. The molecule has 0 radical (unpaired) electrons. The van der Waals surface area contributed by atoms with Crippen LogP contribution in [-0.4, -0.2) is 14.5 Å². The molecule has 104 valence electrons. The molecule has 4 N–H and O–H groups in total. The van der Waals surface area contributed by atoms with Gasteiger partial charge in [-0.15, -0.1) is 0 Å². The second-order valence-corrected chi connectivity index (χ2v) is 4.54. The van der Waals surface area contributed by atoms with E-state index in [1.54, 1.807) is 16.7 Å². The van der Waals surface area contributed by atoms with Gasteiger partial charge < -0.3 is 16.0 Å². The Morgan fingerprint density at radius 2 is 1.90 bits per heavy atom. The van der Waals surface area contributed by atoms with Crippen LogP contribution in [0.25, 0.3) is 11.0 Å². The number of nitrogens with zero attached hydrogens (tertiary/aromatic N) is 4. The van der Waals surface area contributed by atoms with Gasteiger partial charge in [-0.1, -0.05) is 12.1 Å². The van der Waals surface area contributed by atoms with Gasteiger partial charge in [0.15, 0.2) is 0 Å². The van der Waals surface area contributed by atoms with Crippen LogP contribution in [0.1, 0.15) is 11.1 Å². The van der Waals surface area contributed by atoms with Gasteiger partial charge in [-0.3, -0.25) is 0 Å². The average Bonchev–Trinajstić information content (AvgIpc) is 2.75. The first kappa shape index (κ1) is 12.9. The summed E-state index contributed by atoms with van der Waals surface area (Å²) in [7, 11) is 0. The number of anilines is 2. The van der Waals surface area contributed by atoms with E-state index in [-0.39, 0.29) is 23.0 Å². The van der Waals surface area contributed by atoms with E-state index >= 15 is 0 Å². The minimum atomic E-state index is -0.312. The lowest BCUT2D eigenvalue weighted by Gasteiger charge is -2.07. The molecule has 0 saturated heterocycles. The first-order valence-corrected chi connectivity index (χ1v) is 6.14. The number of nitrogens with two attached hydrogens (primary N) is 2. The molecular formula is C14H11FN6. The summed E-state index contributed by atoms with van der Waals surface area (Å²) >= 11 is 0. The Morgan fingerprint density at radius 1 is 1.19 bits per heavy atom. The third kappa shape index (κ3) is 2.03. The zero-order chi connectivity index (χ0) is 15.0. The van der Waals surface area contributed by atoms with E-state index in [2.05, 4.69) is 9.97 Å². The van der Waals surface area contributed by atoms with Crippen molar-refractivity contribution in [3.63, 3.8) is 0 Å². The maximum absolute atomic E-state index is 13.0. The van der Waals surface area contributed by atoms with Crippen molar-refractivity contribution in [2.45, 2.75) is 6.54 Å². The van der Waals surface area contributed by atoms with Gasteiger partial charge in [0.1, 0.15) is 41.1 Å². The van der Waals surface area contributed by atoms with Crippen molar-refractivity contribution in [2.75, 3.05) is 11.5 Å². The van der Waals surface area contributed by atoms with Crippen LogP contribution in [0.3, 0.4) is 0 Å². The largest absolute Gasteiger partial charge is 0.384 e. The normalized spacial score (nSPS) is 10.7. The summed E-state index contributed by atoms with van der Waals surface area (Å²) in [6.45, 7) is 0.362. The second kappa shape index (κ2) is 4.76. The molecule has 0 saturated carbocycles. The number of benzene rings is 1. The zero-order valence-electron chi connectivity index (χ0n) is 10.9. The zero-order valence-corrected chi connectivity index (χ0v) is 10.9. The molecule has 0 unspecified atom stereocenters. The van der Waals surface area contributed by atoms with Gasteiger partial charge in [-0.25, -0.2) is 14.4 Å². The van der Waals surface area contributed by atoms with Gasteiger partial charge in [0.25, 0.3) is 0 Å². The van der Waals surface area contributed by atoms with Crippen LogP contribution in [-0.2, 0) is 6.54 Å². The van der Waals surface area contributed by atoms with Gasteiger partial charge in [-0.2, -0.15) is 5.26 Å². The maximum atomic E-state index is 13.0. The van der Waals surface area contributed by atoms with E-state index in [0.29, 0.717) is 17.6 Å². The van der Waals surface area contributed by atoms with E-state index < -0.39 is 0 Å². The first-order chi connectivity index (χ1) is 10.1. The lowest BCUT2D eigenvalue weighted by atomic mass is 10.2. The number of nitrogen functional groups attached to an aromatic ring is 2. The number of hydrogen-bond donors (Lipinski definition) is 2. The molecule has 0 aliphatic rings. The topological polar surface area (TPSA) is 107 Å². The first-order valence-electron chi connectivity index (χ1n) is 6.14. The van der Waals surface area contributed by atoms with Crippen molar-refractivity contribution in [1.82, 2.24) is 14.5 Å². The number of hydrogen-bond acceptors (Lipinski definition) is 5. The molecule has 6 nitrogen and oxygen atoms in total. The fourth-order valence-electron chi connectivity index (χ4n) is 2.26. The Kier molecular flexibility index (Phi) is 2.92. The fraction of sp³-hybridized carbons (Fsp3) is 0.0714. The third-order valence-corrected chi connectivity index (χ3v) is 3.27. The third-order valence-electron chi connectivity index (χ3n) is 3.27. The monoisotopic (exact) mass is 282 g/mol. The molecule has 2 aromatic heterocycles. The van der Waals surface area contributed by atoms with Gasteiger partial charge in [0.2, 0.25) is 0 Å². The Morgan fingerprint density at radius 3 is 2.57 bits per heavy atom. The van der Waals surface area contributed by atoms with Gasteiger partial charge in [0.05, 0.1) is 11.9 Å². The van der Waals surface area contributed by atoms with E-state index in [0.717, 1.165) is 5.56 Å². The Labute approximate surface area is 119 Å². The molecule has 3 rings (SSSR count). The predicted molar refractivity (Wildman–Crippen MR) is 76.6 cm³/mol. The van der Waals surface area contributed by atoms with Crippen molar-refractivity contribution in [2.24, 2.45) is 0 Å². The smallest absolute Gasteiger partial charge is 0.148 e. The molecule has 0 aliphatic heterocycles. The average molecular weight is 282 g/mol. The molecule has 0 amide bonds. The van der Waals surface area contributed by atoms with Crippen molar-refractivity contribution in [1.29, 1.82) is 5.26 Å². The Hall–Kier alpha value is -3.14. The molecule has 0 atom stereocenters. The van der Waals surface area contributed by atoms with E-state index in [4.69, 9.17) is 11.5 Å². The van der Waals surface area contributed by atoms with Crippen molar-refractivity contribution < 1.29 is 4.39 Å². The minimum Gasteiger partial charge on any atom is -0.384 e. The maximum Gasteiger partial charge on any atom is 0.148 e. The molecule has 1 aromatic carbocycles. The highest BCUT2D eigenvalue weighted by molar-refractivity contribution is 5.96. The minimum absolute atomic E-state index is 0.209. The summed E-state index contributed by atoms with van der Waals surface area (Å²) in [5.74, 6) is 0.165. The summed E-state index contributed by atoms with van der Waals surface area (Å²) in [5.41, 5.74) is 13.4. The van der Waals surface area contributed by atoms with Crippen LogP contribution < -0.4 is 11.5 Å². The molecule has 0 spiro atoms. The van der Waals surface area contributed by atoms with Gasteiger partial charge in [-0.05, 0) is 17.7 Å². The number of rotatable bonds is 2. The van der Waals surface area contributed by atoms with Crippen LogP contribution in [0.15, 0.2) is 30.6 Å². The summed E-state index contributed by atoms with van der Waals surface area (Å²) in [6, 6.07) is 8.06. The lowest BCUT2D eigenvalue weighted by molar-refractivity contribution is 0.626. The Bertz CT molecular complexity index is 860. The molecule has 0 fully saturated rings. The molecule has 7 heteroatoms. The highest BCUT2D eigenvalue weighted by Gasteiger charge is 2.18. The highest BCUT2D eigenvalue weighted by Crippen LogP contribution is 2.29. The summed E-state index contributed by atoms with van der Waals surface area (Å²) in [5, 5.41) is 9.70. The van der Waals surface area contributed by atoms with Crippen LogP contribution in [0.4, 0.5) is 16.0 Å². The second-order valence-electron chi connectivity index (χ2n) is 4.54. The molecule has 2 heterocycles. The van der Waals surface area contributed by atoms with Crippen LogP contribution in [0, 0.1) is 17.1 Å². The number of fused-ring (bicyclic) bond motifs is 1. The number of nitriles is 1. The van der Waals surface area contributed by atoms with Gasteiger partial charge in [0, 0.05) is 0 Å². The van der Waals surface area contributed by atoms with Crippen LogP contribution in [0.2, 0.25) is 0 Å². The van der Waals surface area contributed by atoms with Crippen molar-refractivity contribution in [3.8, 4) is 6.07 Å². The number of aromatic nitrogens is 3. The number of halogens is 1. The Balaban J connectivity index is 2.19. The fourth-order valence-corrected chi connectivity index (χ4v) is 2.26. The molecule has 0 aliphatic carbocycles. The quantitative estimate of drug-likeness (QED) is 0.743. The highest BCUT2D eigenvalue weighted by atomic mass is 19.1. The summed E-state index contributed by atoms with van der Waals surface area (Å²) in [4.78, 5) is 8.04. The van der Waals surface area contributed by atoms with E-state index in [1.807, 2.05) is 6.07 Å². The standard InChI is InChI=1S/C14H11FN6/c15-9-3-1-8(2-4-9)6-21-13(18)10(5-16)11-12(17)19-7-20-14(11)21/h1-4,7H,6,18H2,(H2,17,19,20). The van der Waals surface area contributed by atoms with Crippen LogP contribution in [0.5, 0.6) is 0 Å². The van der Waals surface area contributed by atoms with E-state index in [1.165, 1.54) is 18.5 Å². The lowest BCUT2D eigenvalue weighted by Crippen LogP contribution is -2.05. The summed E-state index contributed by atoms with van der Waals surface area (Å²) < 4.78 is 14.6. The molecular weight excluding hydrogens is 271 g/mol. The van der Waals surface area contributed by atoms with Gasteiger partial charge >= 0.3 is 0 Å². The molecule has 0 bridgehead atoms. The molecule has 21 heavy (non-hydrogen) atoms. The van der Waals surface area contributed by atoms with E-state index in [9.17, 15) is 9.65 Å². The van der Waals surface area contributed by atoms with Crippen LogP contribution >= 0.6 is 0 Å². The van der Waals surface area contributed by atoms with Crippen molar-refractivity contribution in [3.05, 3.63) is 47.5 Å².